The lowest BCUT2D eigenvalue weighted by molar-refractivity contribution is -0.140. The maximum Gasteiger partial charge on any atom is 0.417 e. The van der Waals surface area contributed by atoms with E-state index < -0.39 is 26.7 Å². The summed E-state index contributed by atoms with van der Waals surface area (Å²) in [7, 11) is -4.35. The van der Waals surface area contributed by atoms with E-state index in [1.165, 1.54) is 12.1 Å². The van der Waals surface area contributed by atoms with Crippen LogP contribution in [-0.2, 0) is 25.8 Å². The zero-order valence-corrected chi connectivity index (χ0v) is 17.7. The monoisotopic (exact) mass is 459 g/mol. The van der Waals surface area contributed by atoms with Crippen molar-refractivity contribution in [1.29, 1.82) is 0 Å². The average Bonchev–Trinajstić information content (AvgIpc) is 2.77. The van der Waals surface area contributed by atoms with Crippen LogP contribution in [0.25, 0.3) is 0 Å². The second kappa shape index (κ2) is 8.99. The molecule has 2 fully saturated rings. The molecule has 1 aromatic rings. The second-order valence-electron chi connectivity index (χ2n) is 7.53. The highest BCUT2D eigenvalue weighted by atomic mass is 32.2. The Bertz CT molecular complexity index is 949. The molecule has 0 unspecified atom stereocenters. The first-order valence-electron chi connectivity index (χ1n) is 9.92. The molecule has 2 heterocycles. The summed E-state index contributed by atoms with van der Waals surface area (Å²) in [5, 5.41) is 0. The van der Waals surface area contributed by atoms with Gasteiger partial charge in [-0.2, -0.15) is 17.5 Å². The standard InChI is InChI=1S/C20H24F3N3O4S/c1-2-18(27)24-9-7-15(8-10-24)19(28)25-11-13-26(14-12-25)31(29,30)17-6-4-3-5-16(17)20(21,22)23/h2-6,15H,1,7-14H2. The third-order valence-electron chi connectivity index (χ3n) is 5.69. The lowest BCUT2D eigenvalue weighted by Crippen LogP contribution is -2.53. The number of amides is 2. The molecule has 0 N–H and O–H groups in total. The summed E-state index contributed by atoms with van der Waals surface area (Å²) in [6, 6.07) is 4.10. The molecule has 1 aromatic carbocycles. The van der Waals surface area contributed by atoms with Gasteiger partial charge >= 0.3 is 6.18 Å². The highest BCUT2D eigenvalue weighted by Crippen LogP contribution is 2.35. The topological polar surface area (TPSA) is 78.0 Å². The molecular formula is C20H24F3N3O4S. The number of nitrogens with zero attached hydrogens (tertiary/aromatic N) is 3. The lowest BCUT2D eigenvalue weighted by atomic mass is 9.95. The molecule has 0 radical (unpaired) electrons. The summed E-state index contributed by atoms with van der Waals surface area (Å²) in [6.45, 7) is 4.41. The van der Waals surface area contributed by atoms with Gasteiger partial charge in [0.1, 0.15) is 0 Å². The Hall–Kier alpha value is -2.40. The van der Waals surface area contributed by atoms with Gasteiger partial charge < -0.3 is 9.80 Å². The van der Waals surface area contributed by atoms with E-state index in [9.17, 15) is 31.2 Å². The smallest absolute Gasteiger partial charge is 0.340 e. The summed E-state index contributed by atoms with van der Waals surface area (Å²) in [6.07, 6.45) is -2.53. The minimum atomic E-state index is -4.79. The van der Waals surface area contributed by atoms with Crippen LogP contribution in [0.5, 0.6) is 0 Å². The van der Waals surface area contributed by atoms with E-state index in [4.69, 9.17) is 0 Å². The summed E-state index contributed by atoms with van der Waals surface area (Å²) in [4.78, 5) is 26.9. The molecule has 170 valence electrons. The van der Waals surface area contributed by atoms with Gasteiger partial charge in [0, 0.05) is 45.2 Å². The Morgan fingerprint density at radius 2 is 1.55 bits per heavy atom. The van der Waals surface area contributed by atoms with Crippen molar-refractivity contribution < 1.29 is 31.2 Å². The number of carbonyl (C=O) groups excluding carboxylic acids is 2. The van der Waals surface area contributed by atoms with Gasteiger partial charge in [0.15, 0.2) is 0 Å². The van der Waals surface area contributed by atoms with Crippen LogP contribution < -0.4 is 0 Å². The minimum Gasteiger partial charge on any atom is -0.340 e. The van der Waals surface area contributed by atoms with Crippen molar-refractivity contribution in [3.63, 3.8) is 0 Å². The quantitative estimate of drug-likeness (QED) is 0.645. The van der Waals surface area contributed by atoms with Crippen molar-refractivity contribution in [2.75, 3.05) is 39.3 Å². The highest BCUT2D eigenvalue weighted by Gasteiger charge is 2.40. The largest absolute Gasteiger partial charge is 0.417 e. The molecule has 0 aliphatic carbocycles. The summed E-state index contributed by atoms with van der Waals surface area (Å²) < 4.78 is 66.4. The van der Waals surface area contributed by atoms with Crippen molar-refractivity contribution in [2.45, 2.75) is 23.9 Å². The molecule has 0 spiro atoms. The van der Waals surface area contributed by atoms with Crippen LogP contribution in [0.3, 0.4) is 0 Å². The molecule has 0 aromatic heterocycles. The van der Waals surface area contributed by atoms with E-state index in [2.05, 4.69) is 6.58 Å². The number of rotatable bonds is 4. The number of piperazine rings is 1. The maximum absolute atomic E-state index is 13.3. The molecule has 2 aliphatic heterocycles. The Labute approximate surface area is 179 Å². The number of hydrogen-bond donors (Lipinski definition) is 0. The van der Waals surface area contributed by atoms with Crippen molar-refractivity contribution in [3.8, 4) is 0 Å². The molecule has 2 saturated heterocycles. The van der Waals surface area contributed by atoms with Crippen LogP contribution >= 0.6 is 0 Å². The van der Waals surface area contributed by atoms with Gasteiger partial charge in [-0.15, -0.1) is 0 Å². The van der Waals surface area contributed by atoms with Crippen LogP contribution in [0.1, 0.15) is 18.4 Å². The van der Waals surface area contributed by atoms with E-state index >= 15 is 0 Å². The first-order valence-corrected chi connectivity index (χ1v) is 11.4. The van der Waals surface area contributed by atoms with Crippen molar-refractivity contribution >= 4 is 21.8 Å². The normalized spacial score (nSPS) is 19.3. The number of benzene rings is 1. The summed E-state index contributed by atoms with van der Waals surface area (Å²) in [5.41, 5.74) is -1.20. The van der Waals surface area contributed by atoms with Gasteiger partial charge in [-0.3, -0.25) is 9.59 Å². The second-order valence-corrected chi connectivity index (χ2v) is 9.43. The fourth-order valence-corrected chi connectivity index (χ4v) is 5.58. The molecule has 0 bridgehead atoms. The van der Waals surface area contributed by atoms with Crippen molar-refractivity contribution in [1.82, 2.24) is 14.1 Å². The van der Waals surface area contributed by atoms with Gasteiger partial charge in [0.05, 0.1) is 10.5 Å². The van der Waals surface area contributed by atoms with E-state index in [0.29, 0.717) is 25.9 Å². The molecule has 2 amide bonds. The number of likely N-dealkylation sites (tertiary alicyclic amines) is 1. The SMILES string of the molecule is C=CC(=O)N1CCC(C(=O)N2CCN(S(=O)(=O)c3ccccc3C(F)(F)F)CC2)CC1. The number of hydrogen-bond acceptors (Lipinski definition) is 4. The van der Waals surface area contributed by atoms with E-state index in [0.717, 1.165) is 22.5 Å². The predicted molar refractivity (Wildman–Crippen MR) is 106 cm³/mol. The maximum atomic E-state index is 13.3. The average molecular weight is 459 g/mol. The fourth-order valence-electron chi connectivity index (χ4n) is 3.95. The number of halogens is 3. The number of carbonyl (C=O) groups is 2. The molecule has 3 rings (SSSR count). The molecular weight excluding hydrogens is 435 g/mol. The number of sulfonamides is 1. The van der Waals surface area contributed by atoms with Crippen LogP contribution in [0.2, 0.25) is 0 Å². The molecule has 31 heavy (non-hydrogen) atoms. The van der Waals surface area contributed by atoms with Crippen molar-refractivity contribution in [2.24, 2.45) is 5.92 Å². The molecule has 11 heteroatoms. The van der Waals surface area contributed by atoms with Gasteiger partial charge in [0.25, 0.3) is 0 Å². The Balaban J connectivity index is 1.63. The van der Waals surface area contributed by atoms with Gasteiger partial charge in [-0.05, 0) is 31.1 Å². The minimum absolute atomic E-state index is 0.0753. The van der Waals surface area contributed by atoms with Crippen LogP contribution in [0.4, 0.5) is 13.2 Å². The molecule has 2 aliphatic rings. The Morgan fingerprint density at radius 3 is 2.10 bits per heavy atom. The van der Waals surface area contributed by atoms with E-state index in [-0.39, 0.29) is 43.9 Å². The third kappa shape index (κ3) is 4.93. The summed E-state index contributed by atoms with van der Waals surface area (Å²) in [5.74, 6) is -0.551. The van der Waals surface area contributed by atoms with Crippen LogP contribution in [0, 0.1) is 5.92 Å². The first-order chi connectivity index (χ1) is 14.6. The van der Waals surface area contributed by atoms with Gasteiger partial charge in [-0.25, -0.2) is 8.42 Å². The fraction of sp³-hybridized carbons (Fsp3) is 0.500. The van der Waals surface area contributed by atoms with Crippen LogP contribution in [0.15, 0.2) is 41.8 Å². The zero-order valence-electron chi connectivity index (χ0n) is 16.8. The highest BCUT2D eigenvalue weighted by molar-refractivity contribution is 7.89. The third-order valence-corrected chi connectivity index (χ3v) is 7.65. The van der Waals surface area contributed by atoms with Gasteiger partial charge in [0.2, 0.25) is 21.8 Å². The molecule has 0 atom stereocenters. The Morgan fingerprint density at radius 1 is 0.968 bits per heavy atom. The molecule has 0 saturated carbocycles. The predicted octanol–water partition coefficient (Wildman–Crippen LogP) is 1.96. The Kier molecular flexibility index (Phi) is 6.75. The van der Waals surface area contributed by atoms with E-state index in [1.807, 2.05) is 0 Å². The van der Waals surface area contributed by atoms with Crippen LogP contribution in [-0.4, -0.2) is 73.6 Å². The van der Waals surface area contributed by atoms with E-state index in [1.54, 1.807) is 9.80 Å². The first kappa shape index (κ1) is 23.3. The van der Waals surface area contributed by atoms with Crippen molar-refractivity contribution in [3.05, 3.63) is 42.5 Å². The zero-order chi connectivity index (χ0) is 22.8. The number of piperidine rings is 1. The van der Waals surface area contributed by atoms with Gasteiger partial charge in [-0.1, -0.05) is 18.7 Å². The summed E-state index contributed by atoms with van der Waals surface area (Å²) >= 11 is 0. The molecule has 7 nitrogen and oxygen atoms in total. The number of alkyl halides is 3. The lowest BCUT2D eigenvalue weighted by Gasteiger charge is -2.38.